The average molecular weight is 217 g/mol. The van der Waals surface area contributed by atoms with Crippen LogP contribution < -0.4 is 4.74 Å². The van der Waals surface area contributed by atoms with Gasteiger partial charge in [-0.15, -0.1) is 0 Å². The van der Waals surface area contributed by atoms with Crippen LogP contribution in [0.3, 0.4) is 0 Å². The van der Waals surface area contributed by atoms with Crippen LogP contribution in [0.4, 0.5) is 0 Å². The van der Waals surface area contributed by atoms with Gasteiger partial charge >= 0.3 is 0 Å². The number of benzene rings is 1. The highest BCUT2D eigenvalue weighted by Crippen LogP contribution is 2.11. The normalized spacial score (nSPS) is 10.2. The molecule has 0 N–H and O–H groups in total. The molecule has 84 valence electrons. The summed E-state index contributed by atoms with van der Waals surface area (Å²) in [6, 6.07) is 9.09. The lowest BCUT2D eigenvalue weighted by Gasteiger charge is -2.05. The molecule has 0 spiro atoms. The van der Waals surface area contributed by atoms with Crippen LogP contribution in [-0.2, 0) is 4.74 Å². The highest BCUT2D eigenvalue weighted by molar-refractivity contribution is 5.34. The molecule has 0 radical (unpaired) electrons. The Kier molecular flexibility index (Phi) is 5.75. The fraction of sp³-hybridized carbons (Fsp3) is 0.308. The van der Waals surface area contributed by atoms with Crippen molar-refractivity contribution >= 4 is 0 Å². The number of ether oxygens (including phenoxy) is 2. The van der Waals surface area contributed by atoms with Gasteiger partial charge in [-0.25, -0.2) is 0 Å². The van der Waals surface area contributed by atoms with Gasteiger partial charge in [-0.2, -0.15) is 5.26 Å². The summed E-state index contributed by atoms with van der Waals surface area (Å²) in [5.74, 6) is 0.758. The molecule has 0 heterocycles. The van der Waals surface area contributed by atoms with E-state index in [-0.39, 0.29) is 0 Å². The van der Waals surface area contributed by atoms with Crippen LogP contribution in [0.25, 0.3) is 0 Å². The second-order valence-electron chi connectivity index (χ2n) is 3.13. The zero-order valence-corrected chi connectivity index (χ0v) is 9.35. The summed E-state index contributed by atoms with van der Waals surface area (Å²) in [5, 5.41) is 8.61. The van der Waals surface area contributed by atoms with Crippen molar-refractivity contribution in [3.63, 3.8) is 0 Å². The largest absolute Gasteiger partial charge is 0.491 e. The first-order valence-corrected chi connectivity index (χ1v) is 5.18. The molecule has 3 nitrogen and oxygen atoms in total. The molecule has 0 amide bonds. The first-order chi connectivity index (χ1) is 7.86. The van der Waals surface area contributed by atoms with E-state index in [1.165, 1.54) is 0 Å². The summed E-state index contributed by atoms with van der Waals surface area (Å²) in [6.45, 7) is 3.65. The lowest BCUT2D eigenvalue weighted by atomic mass is 10.2. The Morgan fingerprint density at radius 2 is 2.00 bits per heavy atom. The SMILES string of the molecule is CC=CCOCCOc1ccc(C#N)cc1. The third-order valence-electron chi connectivity index (χ3n) is 1.93. The van der Waals surface area contributed by atoms with E-state index in [9.17, 15) is 0 Å². The van der Waals surface area contributed by atoms with Gasteiger partial charge in [0.2, 0.25) is 0 Å². The van der Waals surface area contributed by atoms with Crippen molar-refractivity contribution in [2.24, 2.45) is 0 Å². The second kappa shape index (κ2) is 7.49. The Bertz CT molecular complexity index is 363. The molecular weight excluding hydrogens is 202 g/mol. The Morgan fingerprint density at radius 1 is 1.25 bits per heavy atom. The zero-order chi connectivity index (χ0) is 11.6. The average Bonchev–Trinajstić information content (AvgIpc) is 2.34. The molecule has 0 bridgehead atoms. The van der Waals surface area contributed by atoms with E-state index in [1.807, 2.05) is 19.1 Å². The van der Waals surface area contributed by atoms with Crippen molar-refractivity contribution in [2.75, 3.05) is 19.8 Å². The van der Waals surface area contributed by atoms with E-state index >= 15 is 0 Å². The summed E-state index contributed by atoms with van der Waals surface area (Å²) < 4.78 is 10.7. The monoisotopic (exact) mass is 217 g/mol. The number of rotatable bonds is 6. The summed E-state index contributed by atoms with van der Waals surface area (Å²) in [5.41, 5.74) is 0.636. The van der Waals surface area contributed by atoms with E-state index in [0.717, 1.165) is 5.75 Å². The molecule has 0 aliphatic rings. The smallest absolute Gasteiger partial charge is 0.119 e. The Labute approximate surface area is 95.9 Å². The number of nitrogens with zero attached hydrogens (tertiary/aromatic N) is 1. The third kappa shape index (κ3) is 4.63. The molecule has 1 rings (SSSR count). The standard InChI is InChI=1S/C13H15NO2/c1-2-3-8-15-9-10-16-13-6-4-12(11-14)5-7-13/h2-7H,8-10H2,1H3. The van der Waals surface area contributed by atoms with Gasteiger partial charge in [-0.1, -0.05) is 12.2 Å². The lowest BCUT2D eigenvalue weighted by molar-refractivity contribution is 0.121. The van der Waals surface area contributed by atoms with Crippen molar-refractivity contribution in [1.82, 2.24) is 0 Å². The number of hydrogen-bond donors (Lipinski definition) is 0. The third-order valence-corrected chi connectivity index (χ3v) is 1.93. The molecule has 0 aliphatic heterocycles. The maximum atomic E-state index is 8.61. The minimum atomic E-state index is 0.517. The maximum absolute atomic E-state index is 8.61. The van der Waals surface area contributed by atoms with Gasteiger partial charge < -0.3 is 9.47 Å². The lowest BCUT2D eigenvalue weighted by Crippen LogP contribution is -2.06. The molecule has 0 unspecified atom stereocenters. The van der Waals surface area contributed by atoms with Crippen molar-refractivity contribution in [3.8, 4) is 11.8 Å². The molecule has 0 atom stereocenters. The van der Waals surface area contributed by atoms with Crippen molar-refractivity contribution < 1.29 is 9.47 Å². The van der Waals surface area contributed by atoms with Crippen LogP contribution in [0.1, 0.15) is 12.5 Å². The second-order valence-corrected chi connectivity index (χ2v) is 3.13. The van der Waals surface area contributed by atoms with Crippen LogP contribution in [0, 0.1) is 11.3 Å². The molecule has 3 heteroatoms. The van der Waals surface area contributed by atoms with E-state index in [0.29, 0.717) is 25.4 Å². The molecule has 0 saturated heterocycles. The fourth-order valence-corrected chi connectivity index (χ4v) is 1.09. The topological polar surface area (TPSA) is 42.2 Å². The van der Waals surface area contributed by atoms with E-state index in [1.54, 1.807) is 24.3 Å². The minimum absolute atomic E-state index is 0.517. The molecular formula is C13H15NO2. The molecule has 1 aromatic rings. The van der Waals surface area contributed by atoms with Crippen LogP contribution in [0.2, 0.25) is 0 Å². The van der Waals surface area contributed by atoms with Gasteiger partial charge in [0.1, 0.15) is 12.4 Å². The van der Waals surface area contributed by atoms with Crippen LogP contribution in [-0.4, -0.2) is 19.8 Å². The quantitative estimate of drug-likeness (QED) is 0.543. The van der Waals surface area contributed by atoms with Gasteiger partial charge in [0.25, 0.3) is 0 Å². The zero-order valence-electron chi connectivity index (χ0n) is 9.35. The summed E-state index contributed by atoms with van der Waals surface area (Å²) in [6.07, 6.45) is 3.89. The Balaban J connectivity index is 2.19. The highest BCUT2D eigenvalue weighted by atomic mass is 16.5. The van der Waals surface area contributed by atoms with Crippen molar-refractivity contribution in [1.29, 1.82) is 5.26 Å². The van der Waals surface area contributed by atoms with Crippen LogP contribution in [0.15, 0.2) is 36.4 Å². The van der Waals surface area contributed by atoms with Gasteiger partial charge in [0.15, 0.2) is 0 Å². The van der Waals surface area contributed by atoms with Crippen LogP contribution >= 0.6 is 0 Å². The van der Waals surface area contributed by atoms with Crippen molar-refractivity contribution in [2.45, 2.75) is 6.92 Å². The Morgan fingerprint density at radius 3 is 2.62 bits per heavy atom. The van der Waals surface area contributed by atoms with E-state index < -0.39 is 0 Å². The van der Waals surface area contributed by atoms with Crippen molar-refractivity contribution in [3.05, 3.63) is 42.0 Å². The first kappa shape index (κ1) is 12.3. The highest BCUT2D eigenvalue weighted by Gasteiger charge is 1.94. The van der Waals surface area contributed by atoms with E-state index in [4.69, 9.17) is 14.7 Å². The minimum Gasteiger partial charge on any atom is -0.491 e. The fourth-order valence-electron chi connectivity index (χ4n) is 1.09. The first-order valence-electron chi connectivity index (χ1n) is 5.18. The van der Waals surface area contributed by atoms with Gasteiger partial charge in [-0.3, -0.25) is 0 Å². The molecule has 1 aromatic carbocycles. The number of nitriles is 1. The molecule has 0 aliphatic carbocycles. The summed E-state index contributed by atoms with van der Waals surface area (Å²) in [4.78, 5) is 0. The van der Waals surface area contributed by atoms with Crippen LogP contribution in [0.5, 0.6) is 5.75 Å². The van der Waals surface area contributed by atoms with Gasteiger partial charge in [0, 0.05) is 0 Å². The molecule has 0 fully saturated rings. The Hall–Kier alpha value is -1.79. The van der Waals surface area contributed by atoms with Gasteiger partial charge in [-0.05, 0) is 31.2 Å². The summed E-state index contributed by atoms with van der Waals surface area (Å²) in [7, 11) is 0. The van der Waals surface area contributed by atoms with E-state index in [2.05, 4.69) is 6.07 Å². The summed E-state index contributed by atoms with van der Waals surface area (Å²) >= 11 is 0. The molecule has 16 heavy (non-hydrogen) atoms. The van der Waals surface area contributed by atoms with Gasteiger partial charge in [0.05, 0.1) is 24.8 Å². The molecule has 0 aromatic heterocycles. The number of hydrogen-bond acceptors (Lipinski definition) is 3. The predicted molar refractivity (Wildman–Crippen MR) is 62.3 cm³/mol. The predicted octanol–water partition coefficient (Wildman–Crippen LogP) is 2.53. The molecule has 0 saturated carbocycles. The maximum Gasteiger partial charge on any atom is 0.119 e. The number of allylic oxidation sites excluding steroid dienone is 1.